The van der Waals surface area contributed by atoms with Gasteiger partial charge in [-0.1, -0.05) is 11.6 Å². The Morgan fingerprint density at radius 1 is 1.47 bits per heavy atom. The molecule has 1 aliphatic heterocycles. The summed E-state index contributed by atoms with van der Waals surface area (Å²) in [6, 6.07) is 5.13. The van der Waals surface area contributed by atoms with Crippen molar-refractivity contribution in [3.05, 3.63) is 29.3 Å². The van der Waals surface area contributed by atoms with Crippen LogP contribution in [0.3, 0.4) is 0 Å². The first kappa shape index (κ1) is 13.9. The Morgan fingerprint density at radius 3 is 2.89 bits per heavy atom. The average molecular weight is 263 g/mol. The molecule has 0 spiro atoms. The van der Waals surface area contributed by atoms with E-state index in [1.54, 1.807) is 18.2 Å². The maximum absolute atomic E-state index is 12.2. The van der Waals surface area contributed by atoms with E-state index in [-0.39, 0.29) is 23.3 Å². The number of benzene rings is 1. The van der Waals surface area contributed by atoms with Gasteiger partial charge in [-0.25, -0.2) is 0 Å². The average Bonchev–Trinajstić information content (AvgIpc) is 2.31. The van der Waals surface area contributed by atoms with E-state index in [0.717, 1.165) is 18.4 Å². The molecular weight excluding hydrogens is 242 g/mol. The molecular formula is C15H21NO3. The van der Waals surface area contributed by atoms with Crippen molar-refractivity contribution in [1.29, 1.82) is 0 Å². The SMILES string of the molecule is Cc1ccc(O)c(C(=O)NC2CCOC(C)(C)C2)c1. The number of nitrogens with one attached hydrogen (secondary N) is 1. The molecule has 0 aromatic heterocycles. The zero-order valence-corrected chi connectivity index (χ0v) is 11.7. The second kappa shape index (κ2) is 5.21. The summed E-state index contributed by atoms with van der Waals surface area (Å²) in [7, 11) is 0. The number of carbonyl (C=O) groups is 1. The maximum atomic E-state index is 12.2. The van der Waals surface area contributed by atoms with Gasteiger partial charge >= 0.3 is 0 Å². The van der Waals surface area contributed by atoms with E-state index in [1.807, 2.05) is 20.8 Å². The van der Waals surface area contributed by atoms with Gasteiger partial charge in [-0.15, -0.1) is 0 Å². The van der Waals surface area contributed by atoms with E-state index in [9.17, 15) is 9.90 Å². The van der Waals surface area contributed by atoms with Gasteiger partial charge in [0.05, 0.1) is 11.2 Å². The summed E-state index contributed by atoms with van der Waals surface area (Å²) >= 11 is 0. The molecule has 2 N–H and O–H groups in total. The van der Waals surface area contributed by atoms with E-state index in [0.29, 0.717) is 12.2 Å². The summed E-state index contributed by atoms with van der Waals surface area (Å²) in [4.78, 5) is 12.2. The number of aromatic hydroxyl groups is 1. The number of rotatable bonds is 2. The highest BCUT2D eigenvalue weighted by molar-refractivity contribution is 5.97. The minimum Gasteiger partial charge on any atom is -0.507 e. The van der Waals surface area contributed by atoms with E-state index in [4.69, 9.17) is 4.74 Å². The van der Waals surface area contributed by atoms with E-state index in [2.05, 4.69) is 5.32 Å². The van der Waals surface area contributed by atoms with Crippen LogP contribution in [-0.2, 0) is 4.74 Å². The van der Waals surface area contributed by atoms with Gasteiger partial charge in [0.1, 0.15) is 5.75 Å². The largest absolute Gasteiger partial charge is 0.507 e. The number of carbonyl (C=O) groups excluding carboxylic acids is 1. The van der Waals surface area contributed by atoms with Crippen LogP contribution in [0.4, 0.5) is 0 Å². The van der Waals surface area contributed by atoms with Crippen molar-refractivity contribution in [2.24, 2.45) is 0 Å². The molecule has 0 saturated carbocycles. The highest BCUT2D eigenvalue weighted by Gasteiger charge is 2.30. The molecule has 1 aromatic carbocycles. The molecule has 1 unspecified atom stereocenters. The third kappa shape index (κ3) is 3.47. The molecule has 1 amide bonds. The standard InChI is InChI=1S/C15H21NO3/c1-10-4-5-13(17)12(8-10)14(18)16-11-6-7-19-15(2,3)9-11/h4-5,8,11,17H,6-7,9H2,1-3H3,(H,16,18). The van der Waals surface area contributed by atoms with Crippen molar-refractivity contribution in [2.75, 3.05) is 6.61 Å². The first-order valence-electron chi connectivity index (χ1n) is 6.62. The molecule has 4 nitrogen and oxygen atoms in total. The number of ether oxygens (including phenoxy) is 1. The third-order valence-corrected chi connectivity index (χ3v) is 3.43. The molecule has 1 heterocycles. The van der Waals surface area contributed by atoms with Gasteiger partial charge < -0.3 is 15.2 Å². The number of phenolic OH excluding ortho intramolecular Hbond substituents is 1. The van der Waals surface area contributed by atoms with E-state index < -0.39 is 0 Å². The molecule has 1 fully saturated rings. The van der Waals surface area contributed by atoms with E-state index in [1.165, 1.54) is 0 Å². The molecule has 104 valence electrons. The minimum absolute atomic E-state index is 0.0226. The Labute approximate surface area is 113 Å². The monoisotopic (exact) mass is 263 g/mol. The zero-order chi connectivity index (χ0) is 14.0. The lowest BCUT2D eigenvalue weighted by atomic mass is 9.93. The van der Waals surface area contributed by atoms with Crippen LogP contribution < -0.4 is 5.32 Å². The summed E-state index contributed by atoms with van der Waals surface area (Å²) in [6.07, 6.45) is 1.59. The lowest BCUT2D eigenvalue weighted by molar-refractivity contribution is -0.0615. The smallest absolute Gasteiger partial charge is 0.255 e. The predicted molar refractivity (Wildman–Crippen MR) is 73.4 cm³/mol. The molecule has 1 saturated heterocycles. The van der Waals surface area contributed by atoms with Gasteiger partial charge in [0.25, 0.3) is 5.91 Å². The van der Waals surface area contributed by atoms with Gasteiger partial charge in [-0.3, -0.25) is 4.79 Å². The zero-order valence-electron chi connectivity index (χ0n) is 11.7. The topological polar surface area (TPSA) is 58.6 Å². The van der Waals surface area contributed by atoms with E-state index >= 15 is 0 Å². The van der Waals surface area contributed by atoms with Crippen LogP contribution in [0.5, 0.6) is 5.75 Å². The first-order valence-corrected chi connectivity index (χ1v) is 6.62. The van der Waals surface area contributed by atoms with Gasteiger partial charge in [-0.05, 0) is 45.7 Å². The second-order valence-corrected chi connectivity index (χ2v) is 5.79. The van der Waals surface area contributed by atoms with Crippen LogP contribution >= 0.6 is 0 Å². The van der Waals surface area contributed by atoms with Crippen molar-refractivity contribution in [3.8, 4) is 5.75 Å². The summed E-state index contributed by atoms with van der Waals surface area (Å²) < 4.78 is 5.62. The van der Waals surface area contributed by atoms with Crippen molar-refractivity contribution in [2.45, 2.75) is 45.3 Å². The summed E-state index contributed by atoms with van der Waals surface area (Å²) in [6.45, 7) is 6.59. The fourth-order valence-electron chi connectivity index (χ4n) is 2.45. The maximum Gasteiger partial charge on any atom is 0.255 e. The summed E-state index contributed by atoms with van der Waals surface area (Å²) in [5.41, 5.74) is 1.09. The van der Waals surface area contributed by atoms with Crippen LogP contribution in [0.1, 0.15) is 42.6 Å². The first-order chi connectivity index (χ1) is 8.87. The summed E-state index contributed by atoms with van der Waals surface area (Å²) in [5.74, 6) is -0.196. The van der Waals surface area contributed by atoms with Crippen molar-refractivity contribution < 1.29 is 14.6 Å². The van der Waals surface area contributed by atoms with Gasteiger partial charge in [0, 0.05) is 12.6 Å². The van der Waals surface area contributed by atoms with Gasteiger partial charge in [-0.2, -0.15) is 0 Å². The number of hydrogen-bond acceptors (Lipinski definition) is 3. The van der Waals surface area contributed by atoms with Crippen LogP contribution in [0.15, 0.2) is 18.2 Å². The van der Waals surface area contributed by atoms with Crippen LogP contribution in [0.2, 0.25) is 0 Å². The molecule has 0 aliphatic carbocycles. The molecule has 0 bridgehead atoms. The second-order valence-electron chi connectivity index (χ2n) is 5.79. The van der Waals surface area contributed by atoms with Crippen LogP contribution in [0, 0.1) is 6.92 Å². The fourth-order valence-corrected chi connectivity index (χ4v) is 2.45. The Morgan fingerprint density at radius 2 is 2.21 bits per heavy atom. The van der Waals surface area contributed by atoms with Gasteiger partial charge in [0.15, 0.2) is 0 Å². The normalized spacial score (nSPS) is 21.9. The molecule has 4 heteroatoms. The predicted octanol–water partition coefficient (Wildman–Crippen LogP) is 2.39. The lowest BCUT2D eigenvalue weighted by Gasteiger charge is -2.35. The Balaban J connectivity index is 2.06. The minimum atomic E-state index is -0.219. The molecule has 1 aliphatic rings. The van der Waals surface area contributed by atoms with Crippen molar-refractivity contribution >= 4 is 5.91 Å². The number of hydrogen-bond donors (Lipinski definition) is 2. The van der Waals surface area contributed by atoms with Crippen molar-refractivity contribution in [1.82, 2.24) is 5.32 Å². The highest BCUT2D eigenvalue weighted by atomic mass is 16.5. The number of aryl methyl sites for hydroxylation is 1. The lowest BCUT2D eigenvalue weighted by Crippen LogP contribution is -2.45. The highest BCUT2D eigenvalue weighted by Crippen LogP contribution is 2.25. The van der Waals surface area contributed by atoms with Gasteiger partial charge in [0.2, 0.25) is 0 Å². The Bertz CT molecular complexity index is 482. The fraction of sp³-hybridized carbons (Fsp3) is 0.533. The quantitative estimate of drug-likeness (QED) is 0.861. The molecule has 2 rings (SSSR count). The Hall–Kier alpha value is -1.55. The number of phenols is 1. The van der Waals surface area contributed by atoms with Crippen molar-refractivity contribution in [3.63, 3.8) is 0 Å². The molecule has 19 heavy (non-hydrogen) atoms. The molecule has 1 aromatic rings. The van der Waals surface area contributed by atoms with Crippen LogP contribution in [0.25, 0.3) is 0 Å². The molecule has 1 atom stereocenters. The summed E-state index contributed by atoms with van der Waals surface area (Å²) in [5, 5.41) is 12.7. The third-order valence-electron chi connectivity index (χ3n) is 3.43. The number of amides is 1. The Kier molecular flexibility index (Phi) is 3.80. The molecule has 0 radical (unpaired) electrons. The van der Waals surface area contributed by atoms with Crippen LogP contribution in [-0.4, -0.2) is 29.3 Å².